The highest BCUT2D eigenvalue weighted by atomic mass is 16.5. The predicted molar refractivity (Wildman–Crippen MR) is 102 cm³/mol. The van der Waals surface area contributed by atoms with Crippen LogP contribution in [0.25, 0.3) is 0 Å². The SMILES string of the molecule is Cc1ccccc1N1C(=O)C(N=Nc2c(C(C)(C)C)[nH]oc2=O)C(C)N1C. The van der Waals surface area contributed by atoms with Crippen LogP contribution in [0.15, 0.2) is 43.8 Å². The maximum atomic E-state index is 13.0. The van der Waals surface area contributed by atoms with Gasteiger partial charge in [0.25, 0.3) is 5.91 Å². The van der Waals surface area contributed by atoms with Crippen LogP contribution < -0.4 is 10.6 Å². The number of rotatable bonds is 3. The molecule has 1 fully saturated rings. The van der Waals surface area contributed by atoms with E-state index in [1.165, 1.54) is 0 Å². The van der Waals surface area contributed by atoms with Crippen LogP contribution in [0.1, 0.15) is 39.0 Å². The standard InChI is InChI=1S/C19H25N5O3/c1-11-9-7-8-10-13(11)24-17(25)14(12(2)23(24)6)20-21-15-16(19(3,4)5)22-27-18(15)26/h7-10,12,14,22H,1-6H3. The van der Waals surface area contributed by atoms with Crippen LogP contribution in [0.2, 0.25) is 0 Å². The molecule has 0 bridgehead atoms. The molecule has 0 spiro atoms. The van der Waals surface area contributed by atoms with Gasteiger partial charge in [0.05, 0.1) is 17.4 Å². The van der Waals surface area contributed by atoms with Gasteiger partial charge in [-0.15, -0.1) is 5.11 Å². The Morgan fingerprint density at radius 3 is 2.48 bits per heavy atom. The largest absolute Gasteiger partial charge is 0.384 e. The molecule has 8 nitrogen and oxygen atoms in total. The van der Waals surface area contributed by atoms with Crippen LogP contribution in [0.5, 0.6) is 0 Å². The van der Waals surface area contributed by atoms with Crippen molar-refractivity contribution in [2.45, 2.75) is 52.1 Å². The molecule has 1 saturated heterocycles. The molecule has 1 aromatic heterocycles. The van der Waals surface area contributed by atoms with Gasteiger partial charge in [-0.1, -0.05) is 39.0 Å². The molecule has 2 heterocycles. The van der Waals surface area contributed by atoms with Gasteiger partial charge < -0.3 is 4.52 Å². The lowest BCUT2D eigenvalue weighted by Crippen LogP contribution is -2.39. The lowest BCUT2D eigenvalue weighted by molar-refractivity contribution is -0.118. The number of hydrogen-bond acceptors (Lipinski definition) is 6. The van der Waals surface area contributed by atoms with Crippen LogP contribution in [0.4, 0.5) is 11.4 Å². The zero-order valence-electron chi connectivity index (χ0n) is 16.5. The average molecular weight is 371 g/mol. The van der Waals surface area contributed by atoms with Crippen molar-refractivity contribution in [2.24, 2.45) is 10.2 Å². The molecule has 3 rings (SSSR count). The monoisotopic (exact) mass is 371 g/mol. The number of carbonyl (C=O) groups is 1. The molecule has 1 aliphatic heterocycles. The van der Waals surface area contributed by atoms with E-state index in [0.717, 1.165) is 11.3 Å². The molecule has 1 aromatic carbocycles. The molecule has 2 aromatic rings. The first-order valence-electron chi connectivity index (χ1n) is 8.88. The second-order valence-electron chi connectivity index (χ2n) is 7.88. The van der Waals surface area contributed by atoms with Gasteiger partial charge in [0.15, 0.2) is 11.7 Å². The number of azo groups is 1. The third kappa shape index (κ3) is 3.32. The van der Waals surface area contributed by atoms with Crippen LogP contribution in [-0.4, -0.2) is 35.2 Å². The highest BCUT2D eigenvalue weighted by Gasteiger charge is 2.44. The number of aromatic nitrogens is 1. The van der Waals surface area contributed by atoms with Crippen molar-refractivity contribution in [3.63, 3.8) is 0 Å². The number of nitrogens with zero attached hydrogens (tertiary/aromatic N) is 4. The van der Waals surface area contributed by atoms with Crippen molar-refractivity contribution in [1.82, 2.24) is 10.2 Å². The summed E-state index contributed by atoms with van der Waals surface area (Å²) in [5.41, 5.74) is 1.51. The number of likely N-dealkylation sites (N-methyl/N-ethyl adjacent to an activating group) is 1. The van der Waals surface area contributed by atoms with E-state index in [9.17, 15) is 9.59 Å². The second-order valence-corrected chi connectivity index (χ2v) is 7.88. The zero-order chi connectivity index (χ0) is 19.9. The number of carbonyl (C=O) groups excluding carboxylic acids is 1. The first kappa shape index (κ1) is 19.0. The molecule has 0 radical (unpaired) electrons. The third-order valence-corrected chi connectivity index (χ3v) is 4.88. The number of aromatic amines is 1. The van der Waals surface area contributed by atoms with E-state index >= 15 is 0 Å². The number of anilines is 1. The van der Waals surface area contributed by atoms with Crippen LogP contribution in [0.3, 0.4) is 0 Å². The molecular formula is C19H25N5O3. The summed E-state index contributed by atoms with van der Waals surface area (Å²) in [6, 6.07) is 6.76. The van der Waals surface area contributed by atoms with Crippen molar-refractivity contribution in [3.05, 3.63) is 45.9 Å². The van der Waals surface area contributed by atoms with Gasteiger partial charge >= 0.3 is 5.63 Å². The predicted octanol–water partition coefficient (Wildman–Crippen LogP) is 3.31. The number of hydrazine groups is 1. The highest BCUT2D eigenvalue weighted by molar-refractivity contribution is 5.99. The minimum absolute atomic E-state index is 0.111. The highest BCUT2D eigenvalue weighted by Crippen LogP contribution is 2.32. The van der Waals surface area contributed by atoms with Crippen molar-refractivity contribution >= 4 is 17.3 Å². The summed E-state index contributed by atoms with van der Waals surface area (Å²) in [5, 5.41) is 14.4. The van der Waals surface area contributed by atoms with Gasteiger partial charge in [-0.3, -0.25) is 4.79 Å². The van der Waals surface area contributed by atoms with E-state index in [1.54, 1.807) is 5.01 Å². The maximum absolute atomic E-state index is 13.0. The van der Waals surface area contributed by atoms with Gasteiger partial charge in [-0.2, -0.15) is 5.11 Å². The maximum Gasteiger partial charge on any atom is 0.384 e. The molecule has 0 saturated carbocycles. The molecule has 0 aliphatic carbocycles. The molecule has 144 valence electrons. The van der Waals surface area contributed by atoms with Crippen molar-refractivity contribution in [1.29, 1.82) is 0 Å². The summed E-state index contributed by atoms with van der Waals surface area (Å²) in [7, 11) is 1.84. The van der Waals surface area contributed by atoms with Gasteiger partial charge in [0, 0.05) is 12.5 Å². The lowest BCUT2D eigenvalue weighted by Gasteiger charge is -2.27. The quantitative estimate of drug-likeness (QED) is 0.838. The molecule has 2 unspecified atom stereocenters. The normalized spacial score (nSPS) is 21.6. The smallest absolute Gasteiger partial charge is 0.336 e. The van der Waals surface area contributed by atoms with Crippen molar-refractivity contribution in [2.75, 3.05) is 12.1 Å². The Balaban J connectivity index is 1.94. The number of hydrogen-bond donors (Lipinski definition) is 1. The Morgan fingerprint density at radius 2 is 1.85 bits per heavy atom. The summed E-state index contributed by atoms with van der Waals surface area (Å²) < 4.78 is 4.88. The van der Waals surface area contributed by atoms with E-state index in [4.69, 9.17) is 4.52 Å². The minimum atomic E-state index is -0.711. The summed E-state index contributed by atoms with van der Waals surface area (Å²) in [5.74, 6) is -0.180. The van der Waals surface area contributed by atoms with E-state index in [2.05, 4.69) is 15.4 Å². The molecule has 1 amide bonds. The summed E-state index contributed by atoms with van der Waals surface area (Å²) in [6.45, 7) is 9.66. The second kappa shape index (κ2) is 6.77. The average Bonchev–Trinajstić information content (AvgIpc) is 3.06. The topological polar surface area (TPSA) is 94.3 Å². The number of para-hydroxylation sites is 1. The van der Waals surface area contributed by atoms with Gasteiger partial charge in [0.2, 0.25) is 0 Å². The molecule has 2 atom stereocenters. The van der Waals surface area contributed by atoms with E-state index in [0.29, 0.717) is 5.69 Å². The number of H-pyrrole nitrogens is 1. The Morgan fingerprint density at radius 1 is 1.19 bits per heavy atom. The van der Waals surface area contributed by atoms with Gasteiger partial charge in [-0.25, -0.2) is 20.0 Å². The zero-order valence-corrected chi connectivity index (χ0v) is 16.5. The summed E-state index contributed by atoms with van der Waals surface area (Å²) >= 11 is 0. The number of benzene rings is 1. The molecule has 27 heavy (non-hydrogen) atoms. The summed E-state index contributed by atoms with van der Waals surface area (Å²) in [4.78, 5) is 25.0. The Hall–Kier alpha value is -2.74. The first-order valence-corrected chi connectivity index (χ1v) is 8.88. The molecule has 1 N–H and O–H groups in total. The molecular weight excluding hydrogens is 346 g/mol. The fraction of sp³-hybridized carbons (Fsp3) is 0.474. The summed E-state index contributed by atoms with van der Waals surface area (Å²) in [6.07, 6.45) is 0. The number of amides is 1. The number of nitrogens with one attached hydrogen (secondary N) is 1. The van der Waals surface area contributed by atoms with Crippen LogP contribution in [-0.2, 0) is 10.2 Å². The van der Waals surface area contributed by atoms with Gasteiger partial charge in [-0.05, 0) is 25.5 Å². The Kier molecular flexibility index (Phi) is 4.77. The molecule has 8 heteroatoms. The van der Waals surface area contributed by atoms with Crippen molar-refractivity contribution < 1.29 is 9.32 Å². The van der Waals surface area contributed by atoms with Crippen LogP contribution >= 0.6 is 0 Å². The Labute approximate surface area is 157 Å². The van der Waals surface area contributed by atoms with E-state index in [-0.39, 0.29) is 23.1 Å². The fourth-order valence-electron chi connectivity index (χ4n) is 3.12. The lowest BCUT2D eigenvalue weighted by atomic mass is 9.91. The van der Waals surface area contributed by atoms with Crippen molar-refractivity contribution in [3.8, 4) is 0 Å². The van der Waals surface area contributed by atoms with Crippen LogP contribution in [0, 0.1) is 6.92 Å². The van der Waals surface area contributed by atoms with E-state index < -0.39 is 11.7 Å². The van der Waals surface area contributed by atoms with E-state index in [1.807, 2.05) is 70.9 Å². The minimum Gasteiger partial charge on any atom is -0.336 e. The fourth-order valence-corrected chi connectivity index (χ4v) is 3.12. The third-order valence-electron chi connectivity index (χ3n) is 4.88. The molecule has 1 aliphatic rings. The Bertz CT molecular complexity index is 937. The first-order chi connectivity index (χ1) is 12.6. The number of aryl methyl sites for hydroxylation is 1. The van der Waals surface area contributed by atoms with Gasteiger partial charge in [0.1, 0.15) is 0 Å².